The monoisotopic (exact) mass is 361 g/mol. The predicted molar refractivity (Wildman–Crippen MR) is 99.1 cm³/mol. The van der Waals surface area contributed by atoms with Gasteiger partial charge in [0, 0.05) is 52.5 Å². The van der Waals surface area contributed by atoms with Gasteiger partial charge in [0.2, 0.25) is 0 Å². The van der Waals surface area contributed by atoms with Gasteiger partial charge in [0.15, 0.2) is 0 Å². The lowest BCUT2D eigenvalue weighted by atomic mass is 9.86. The third-order valence-corrected chi connectivity index (χ3v) is 6.15. The minimum Gasteiger partial charge on any atom is -0.373 e. The van der Waals surface area contributed by atoms with Gasteiger partial charge in [0.25, 0.3) is 5.91 Å². The summed E-state index contributed by atoms with van der Waals surface area (Å²) >= 11 is 0. The molecule has 7 heteroatoms. The average molecular weight is 361 g/mol. The van der Waals surface area contributed by atoms with E-state index in [1.807, 2.05) is 16.5 Å². The number of ether oxygens (including phenoxy) is 1. The topological polar surface area (TPSA) is 53.8 Å². The molecule has 26 heavy (non-hydrogen) atoms. The molecule has 0 radical (unpaired) electrons. The highest BCUT2D eigenvalue weighted by Crippen LogP contribution is 2.38. The summed E-state index contributed by atoms with van der Waals surface area (Å²) in [7, 11) is 4.09. The molecular weight excluding hydrogens is 330 g/mol. The first-order chi connectivity index (χ1) is 12.5. The number of rotatable bonds is 3. The van der Waals surface area contributed by atoms with Gasteiger partial charge in [-0.05, 0) is 32.2 Å². The second-order valence-electron chi connectivity index (χ2n) is 8.42. The first-order valence-electron chi connectivity index (χ1n) is 9.85. The van der Waals surface area contributed by atoms with Crippen LogP contribution in [0.3, 0.4) is 0 Å². The van der Waals surface area contributed by atoms with E-state index in [0.29, 0.717) is 18.2 Å². The van der Waals surface area contributed by atoms with Crippen molar-refractivity contribution in [3.63, 3.8) is 0 Å². The Hall–Kier alpha value is -1.44. The molecule has 0 unspecified atom stereocenters. The number of hydrogen-bond donors (Lipinski definition) is 0. The highest BCUT2D eigenvalue weighted by atomic mass is 16.5. The third kappa shape index (κ3) is 3.80. The molecular formula is C19H31N5O2. The fourth-order valence-electron chi connectivity index (χ4n) is 4.69. The van der Waals surface area contributed by atoms with E-state index >= 15 is 0 Å². The Bertz CT molecular complexity index is 640. The lowest BCUT2D eigenvalue weighted by molar-refractivity contribution is -0.0451. The summed E-state index contributed by atoms with van der Waals surface area (Å²) in [5, 5.41) is 0. The lowest BCUT2D eigenvalue weighted by Crippen LogP contribution is -2.50. The summed E-state index contributed by atoms with van der Waals surface area (Å²) < 4.78 is 8.15. The minimum atomic E-state index is -0.139. The molecule has 3 aliphatic rings. The quantitative estimate of drug-likeness (QED) is 0.792. The van der Waals surface area contributed by atoms with Crippen LogP contribution in [0.5, 0.6) is 0 Å². The molecule has 3 aliphatic heterocycles. The second-order valence-corrected chi connectivity index (χ2v) is 8.42. The van der Waals surface area contributed by atoms with E-state index in [-0.39, 0.29) is 11.5 Å². The normalized spacial score (nSPS) is 31.0. The maximum Gasteiger partial charge on any atom is 0.274 e. The molecule has 4 heterocycles. The number of hydrogen-bond acceptors (Lipinski definition) is 5. The Balaban J connectivity index is 1.34. The van der Waals surface area contributed by atoms with Crippen LogP contribution in [0, 0.1) is 5.92 Å². The van der Waals surface area contributed by atoms with E-state index < -0.39 is 0 Å². The van der Waals surface area contributed by atoms with Crippen molar-refractivity contribution in [2.24, 2.45) is 13.0 Å². The number of likely N-dealkylation sites (tertiary alicyclic amines) is 1. The molecule has 0 N–H and O–H groups in total. The van der Waals surface area contributed by atoms with Crippen molar-refractivity contribution in [3.05, 3.63) is 18.2 Å². The molecule has 3 saturated heterocycles. The van der Waals surface area contributed by atoms with Crippen LogP contribution < -0.4 is 0 Å². The second kappa shape index (κ2) is 7.29. The van der Waals surface area contributed by atoms with Gasteiger partial charge in [-0.15, -0.1) is 0 Å². The maximum atomic E-state index is 12.8. The molecule has 3 fully saturated rings. The number of nitrogens with zero attached hydrogens (tertiary/aromatic N) is 5. The van der Waals surface area contributed by atoms with Gasteiger partial charge in [0.05, 0.1) is 25.1 Å². The van der Waals surface area contributed by atoms with E-state index in [4.69, 9.17) is 4.74 Å². The average Bonchev–Trinajstić information content (AvgIpc) is 3.23. The highest BCUT2D eigenvalue weighted by molar-refractivity contribution is 5.92. The van der Waals surface area contributed by atoms with Crippen molar-refractivity contribution in [2.75, 3.05) is 59.5 Å². The number of aromatic nitrogens is 2. The third-order valence-electron chi connectivity index (χ3n) is 6.15. The zero-order chi connectivity index (χ0) is 18.1. The van der Waals surface area contributed by atoms with E-state index in [9.17, 15) is 4.79 Å². The molecule has 0 bridgehead atoms. The van der Waals surface area contributed by atoms with E-state index in [2.05, 4.69) is 21.8 Å². The number of piperazine rings is 1. The highest BCUT2D eigenvalue weighted by Gasteiger charge is 2.45. The summed E-state index contributed by atoms with van der Waals surface area (Å²) in [6, 6.07) is 0. The Labute approximate surface area is 155 Å². The van der Waals surface area contributed by atoms with Gasteiger partial charge in [-0.3, -0.25) is 4.79 Å². The minimum absolute atomic E-state index is 0.0378. The van der Waals surface area contributed by atoms with Crippen LogP contribution in [0.25, 0.3) is 0 Å². The van der Waals surface area contributed by atoms with Crippen molar-refractivity contribution < 1.29 is 9.53 Å². The van der Waals surface area contributed by atoms with Crippen molar-refractivity contribution in [1.82, 2.24) is 24.3 Å². The lowest BCUT2D eigenvalue weighted by Gasteiger charge is -2.39. The van der Waals surface area contributed by atoms with Gasteiger partial charge in [-0.2, -0.15) is 0 Å². The summed E-state index contributed by atoms with van der Waals surface area (Å²) in [5.74, 6) is 0.624. The van der Waals surface area contributed by atoms with Crippen LogP contribution >= 0.6 is 0 Å². The molecule has 1 spiro atoms. The fourth-order valence-corrected chi connectivity index (χ4v) is 4.69. The number of carbonyl (C=O) groups is 1. The van der Waals surface area contributed by atoms with Gasteiger partial charge in [-0.25, -0.2) is 4.98 Å². The Morgan fingerprint density at radius 2 is 2.08 bits per heavy atom. The number of aryl methyl sites for hydroxylation is 1. The Morgan fingerprint density at radius 1 is 1.27 bits per heavy atom. The number of carbonyl (C=O) groups excluding carboxylic acids is 1. The van der Waals surface area contributed by atoms with Gasteiger partial charge < -0.3 is 24.0 Å². The molecule has 0 saturated carbocycles. The van der Waals surface area contributed by atoms with Crippen molar-refractivity contribution >= 4 is 5.91 Å². The number of likely N-dealkylation sites (N-methyl/N-ethyl adjacent to an activating group) is 1. The number of piperidine rings is 1. The largest absolute Gasteiger partial charge is 0.373 e. The van der Waals surface area contributed by atoms with Gasteiger partial charge in [-0.1, -0.05) is 0 Å². The van der Waals surface area contributed by atoms with Crippen LogP contribution in [-0.2, 0) is 11.8 Å². The Morgan fingerprint density at radius 3 is 2.81 bits per heavy atom. The zero-order valence-electron chi connectivity index (χ0n) is 16.1. The fraction of sp³-hybridized carbons (Fsp3) is 0.789. The molecule has 1 aromatic rings. The van der Waals surface area contributed by atoms with Crippen LogP contribution in [0.1, 0.15) is 29.8 Å². The predicted octanol–water partition coefficient (Wildman–Crippen LogP) is 0.679. The molecule has 0 aliphatic carbocycles. The van der Waals surface area contributed by atoms with E-state index in [1.165, 1.54) is 0 Å². The number of amides is 1. The van der Waals surface area contributed by atoms with Crippen molar-refractivity contribution in [3.8, 4) is 0 Å². The Kier molecular flexibility index (Phi) is 5.03. The van der Waals surface area contributed by atoms with Crippen molar-refractivity contribution in [1.29, 1.82) is 0 Å². The van der Waals surface area contributed by atoms with Gasteiger partial charge >= 0.3 is 0 Å². The molecule has 2 atom stereocenters. The summed E-state index contributed by atoms with van der Waals surface area (Å²) in [4.78, 5) is 23.9. The number of imidazole rings is 1. The molecule has 0 aromatic carbocycles. The summed E-state index contributed by atoms with van der Waals surface area (Å²) in [5.41, 5.74) is 0.400. The van der Waals surface area contributed by atoms with Crippen molar-refractivity contribution in [2.45, 2.75) is 24.9 Å². The first-order valence-corrected chi connectivity index (χ1v) is 9.85. The van der Waals surface area contributed by atoms with Crippen LogP contribution in [0.15, 0.2) is 12.5 Å². The smallest absolute Gasteiger partial charge is 0.274 e. The first kappa shape index (κ1) is 17.9. The van der Waals surface area contributed by atoms with Crippen LogP contribution in [0.2, 0.25) is 0 Å². The zero-order valence-corrected chi connectivity index (χ0v) is 16.1. The SMILES string of the molecule is CN1CCN(C[C@@H]2CO[C@@]3(CCCN(C(=O)c4cn(C)cn4)C3)C2)CC1. The molecule has 1 aromatic heterocycles. The van der Waals surface area contributed by atoms with Crippen LogP contribution in [-0.4, -0.2) is 95.2 Å². The standard InChI is InChI=1S/C19H31N5O2/c1-21-6-8-23(9-7-21)11-16-10-19(26-13-16)4-3-5-24(14-19)18(25)17-12-22(2)15-20-17/h12,15-16H,3-11,13-14H2,1-2H3/t16-,19+/m1/s1. The van der Waals surface area contributed by atoms with E-state index in [1.54, 1.807) is 12.5 Å². The summed E-state index contributed by atoms with van der Waals surface area (Å²) in [6.45, 7) is 8.11. The summed E-state index contributed by atoms with van der Waals surface area (Å²) in [6.07, 6.45) is 6.64. The molecule has 144 valence electrons. The van der Waals surface area contributed by atoms with E-state index in [0.717, 1.165) is 65.1 Å². The molecule has 7 nitrogen and oxygen atoms in total. The van der Waals surface area contributed by atoms with Gasteiger partial charge in [0.1, 0.15) is 5.69 Å². The molecule has 1 amide bonds. The van der Waals surface area contributed by atoms with Crippen LogP contribution in [0.4, 0.5) is 0 Å². The maximum absolute atomic E-state index is 12.8. The molecule has 4 rings (SSSR count).